The molecule has 0 unspecified atom stereocenters. The summed E-state index contributed by atoms with van der Waals surface area (Å²) in [4.78, 5) is 12.1. The first-order chi connectivity index (χ1) is 9.73. The normalized spacial score (nSPS) is 27.2. The van der Waals surface area contributed by atoms with E-state index in [1.807, 2.05) is 0 Å². The Morgan fingerprint density at radius 3 is 2.33 bits per heavy atom. The van der Waals surface area contributed by atoms with Gasteiger partial charge in [-0.2, -0.15) is 4.31 Å². The lowest BCUT2D eigenvalue weighted by molar-refractivity contribution is -0.166. The Morgan fingerprint density at radius 2 is 1.90 bits per heavy atom. The number of esters is 1. The third-order valence-electron chi connectivity index (χ3n) is 4.00. The van der Waals surface area contributed by atoms with Crippen molar-refractivity contribution in [2.75, 3.05) is 40.7 Å². The fourth-order valence-corrected chi connectivity index (χ4v) is 4.47. The Hall–Kier alpha value is -0.700. The molecular formula is C13H25NO6S. The Bertz CT molecular complexity index is 457. The summed E-state index contributed by atoms with van der Waals surface area (Å²) in [5.41, 5.74) is -1.15. The summed E-state index contributed by atoms with van der Waals surface area (Å²) in [6.45, 7) is 2.14. The molecule has 0 aromatic rings. The van der Waals surface area contributed by atoms with E-state index >= 15 is 0 Å². The number of carbonyl (C=O) groups is 1. The molecule has 0 radical (unpaired) electrons. The number of hydrogen-bond acceptors (Lipinski definition) is 6. The lowest BCUT2D eigenvalue weighted by Crippen LogP contribution is -2.65. The van der Waals surface area contributed by atoms with Gasteiger partial charge >= 0.3 is 5.97 Å². The van der Waals surface area contributed by atoms with Gasteiger partial charge in [-0.05, 0) is 5.92 Å². The summed E-state index contributed by atoms with van der Waals surface area (Å²) in [6.07, 6.45) is 0.493. The van der Waals surface area contributed by atoms with Crippen molar-refractivity contribution in [1.82, 2.24) is 4.31 Å². The molecule has 1 aliphatic carbocycles. The smallest absolute Gasteiger partial charge is 0.327 e. The van der Waals surface area contributed by atoms with Crippen LogP contribution in [0.25, 0.3) is 0 Å². The zero-order valence-electron chi connectivity index (χ0n) is 13.3. The zero-order valence-corrected chi connectivity index (χ0v) is 14.1. The highest BCUT2D eigenvalue weighted by Crippen LogP contribution is 2.41. The van der Waals surface area contributed by atoms with Gasteiger partial charge in [0.1, 0.15) is 5.54 Å². The second-order valence-corrected chi connectivity index (χ2v) is 7.64. The molecule has 1 rings (SSSR count). The first-order valence-corrected chi connectivity index (χ1v) is 8.41. The van der Waals surface area contributed by atoms with Crippen molar-refractivity contribution in [3.63, 3.8) is 0 Å². The van der Waals surface area contributed by atoms with Crippen LogP contribution in [-0.4, -0.2) is 71.1 Å². The van der Waals surface area contributed by atoms with Gasteiger partial charge in [0.05, 0.1) is 19.0 Å². The molecule has 0 spiro atoms. The molecule has 0 aromatic carbocycles. The van der Waals surface area contributed by atoms with E-state index in [1.165, 1.54) is 21.3 Å². The number of nitrogens with zero attached hydrogens (tertiary/aromatic N) is 1. The number of hydrogen-bond donors (Lipinski definition) is 0. The Morgan fingerprint density at radius 1 is 1.33 bits per heavy atom. The molecule has 7 nitrogen and oxygen atoms in total. The van der Waals surface area contributed by atoms with Gasteiger partial charge in [-0.25, -0.2) is 8.42 Å². The van der Waals surface area contributed by atoms with Crippen LogP contribution < -0.4 is 0 Å². The lowest BCUT2D eigenvalue weighted by Gasteiger charge is -2.48. The van der Waals surface area contributed by atoms with Crippen LogP contribution in [0.5, 0.6) is 0 Å². The van der Waals surface area contributed by atoms with Crippen molar-refractivity contribution < 1.29 is 27.4 Å². The molecule has 0 bridgehead atoms. The van der Waals surface area contributed by atoms with Crippen molar-refractivity contribution in [2.45, 2.75) is 31.4 Å². The van der Waals surface area contributed by atoms with E-state index in [0.29, 0.717) is 19.4 Å². The van der Waals surface area contributed by atoms with Gasteiger partial charge in [0.2, 0.25) is 10.0 Å². The summed E-state index contributed by atoms with van der Waals surface area (Å²) < 4.78 is 41.1. The van der Waals surface area contributed by atoms with Gasteiger partial charge in [-0.15, -0.1) is 0 Å². The van der Waals surface area contributed by atoms with Gasteiger partial charge in [0, 0.05) is 40.7 Å². The molecule has 1 saturated carbocycles. The molecule has 1 fully saturated rings. The molecule has 1 aliphatic rings. The molecule has 0 aliphatic heterocycles. The monoisotopic (exact) mass is 323 g/mol. The van der Waals surface area contributed by atoms with Crippen molar-refractivity contribution in [2.24, 2.45) is 5.92 Å². The zero-order chi connectivity index (χ0) is 16.3. The van der Waals surface area contributed by atoms with Crippen LogP contribution in [0, 0.1) is 5.92 Å². The molecule has 1 atom stereocenters. The predicted molar refractivity (Wildman–Crippen MR) is 77.4 cm³/mol. The summed E-state index contributed by atoms with van der Waals surface area (Å²) in [6, 6.07) is 0. The Labute approximate surface area is 126 Å². The van der Waals surface area contributed by atoms with E-state index in [-0.39, 0.29) is 17.8 Å². The van der Waals surface area contributed by atoms with Crippen LogP contribution in [-0.2, 0) is 29.0 Å². The second kappa shape index (κ2) is 7.04. The van der Waals surface area contributed by atoms with Crippen molar-refractivity contribution in [3.8, 4) is 0 Å². The summed E-state index contributed by atoms with van der Waals surface area (Å²) in [7, 11) is 2.17. The highest BCUT2D eigenvalue weighted by Gasteiger charge is 2.57. The Kier molecular flexibility index (Phi) is 6.15. The van der Waals surface area contributed by atoms with Gasteiger partial charge in [0.15, 0.2) is 0 Å². The second-order valence-electron chi connectivity index (χ2n) is 5.60. The largest absolute Gasteiger partial charge is 0.468 e. The quantitative estimate of drug-likeness (QED) is 0.596. The maximum Gasteiger partial charge on any atom is 0.327 e. The molecule has 0 aromatic heterocycles. The fraction of sp³-hybridized carbons (Fsp3) is 0.923. The minimum absolute atomic E-state index is 0.0757. The maximum absolute atomic E-state index is 12.5. The number of sulfonamides is 1. The van der Waals surface area contributed by atoms with Crippen molar-refractivity contribution in [3.05, 3.63) is 0 Å². The Balaban J connectivity index is 2.91. The first kappa shape index (κ1) is 18.3. The summed E-state index contributed by atoms with van der Waals surface area (Å²) >= 11 is 0. The molecular weight excluding hydrogens is 298 g/mol. The van der Waals surface area contributed by atoms with E-state index in [9.17, 15) is 13.2 Å². The van der Waals surface area contributed by atoms with E-state index in [2.05, 4.69) is 0 Å². The van der Waals surface area contributed by atoms with Crippen LogP contribution >= 0.6 is 0 Å². The van der Waals surface area contributed by atoms with Gasteiger partial charge < -0.3 is 14.2 Å². The molecule has 0 amide bonds. The number of methoxy groups -OCH3 is 3. The third kappa shape index (κ3) is 3.74. The molecule has 0 saturated heterocycles. The van der Waals surface area contributed by atoms with Gasteiger partial charge in [-0.1, -0.05) is 6.92 Å². The van der Waals surface area contributed by atoms with E-state index in [4.69, 9.17) is 14.2 Å². The first-order valence-electron chi connectivity index (χ1n) is 6.80. The standard InChI is InChI=1S/C13H25NO6S/c1-10(8-18-3)9-21(16,17)14(2)13(12(15)20-5)6-11(7-13)19-4/h10-11H,6-9H2,1-5H3/t10-,11?,13?/m0/s1. The van der Waals surface area contributed by atoms with Crippen molar-refractivity contribution in [1.29, 1.82) is 0 Å². The van der Waals surface area contributed by atoms with E-state index < -0.39 is 21.5 Å². The molecule has 0 N–H and O–H groups in total. The lowest BCUT2D eigenvalue weighted by atomic mass is 9.74. The summed E-state index contributed by atoms with van der Waals surface area (Å²) in [5.74, 6) is -0.773. The number of likely N-dealkylation sites (N-methyl/N-ethyl adjacent to an activating group) is 1. The van der Waals surface area contributed by atoms with Crippen LogP contribution in [0.2, 0.25) is 0 Å². The predicted octanol–water partition coefficient (Wildman–Crippen LogP) is 0.251. The molecule has 124 valence electrons. The fourth-order valence-electron chi connectivity index (χ4n) is 2.67. The average molecular weight is 323 g/mol. The SMILES string of the molecule is COC[C@H](C)CS(=O)(=O)N(C)C1(C(=O)OC)CC(OC)C1. The van der Waals surface area contributed by atoms with Crippen molar-refractivity contribution >= 4 is 16.0 Å². The third-order valence-corrected chi connectivity index (χ3v) is 6.17. The number of ether oxygens (including phenoxy) is 3. The molecule has 21 heavy (non-hydrogen) atoms. The van der Waals surface area contributed by atoms with Gasteiger partial charge in [0.25, 0.3) is 0 Å². The summed E-state index contributed by atoms with van der Waals surface area (Å²) in [5, 5.41) is 0. The van der Waals surface area contributed by atoms with Crippen LogP contribution in [0.1, 0.15) is 19.8 Å². The van der Waals surface area contributed by atoms with Gasteiger partial charge in [-0.3, -0.25) is 4.79 Å². The topological polar surface area (TPSA) is 82.1 Å². The van der Waals surface area contributed by atoms with E-state index in [0.717, 1.165) is 4.31 Å². The average Bonchev–Trinajstić information content (AvgIpc) is 2.36. The highest BCUT2D eigenvalue weighted by atomic mass is 32.2. The molecule has 8 heteroatoms. The highest BCUT2D eigenvalue weighted by molar-refractivity contribution is 7.89. The van der Waals surface area contributed by atoms with Crippen LogP contribution in [0.4, 0.5) is 0 Å². The van der Waals surface area contributed by atoms with Crippen LogP contribution in [0.15, 0.2) is 0 Å². The van der Waals surface area contributed by atoms with E-state index in [1.54, 1.807) is 14.0 Å². The minimum atomic E-state index is -3.59. The number of rotatable bonds is 8. The minimum Gasteiger partial charge on any atom is -0.468 e. The van der Waals surface area contributed by atoms with Crippen LogP contribution in [0.3, 0.4) is 0 Å². The molecule has 0 heterocycles. The maximum atomic E-state index is 12.5. The number of carbonyl (C=O) groups excluding carboxylic acids is 1.